The molecule has 3 rings (SSSR count). The third kappa shape index (κ3) is 2.20. The highest BCUT2D eigenvalue weighted by Crippen LogP contribution is 2.23. The Balaban J connectivity index is 1.98. The fourth-order valence-corrected chi connectivity index (χ4v) is 1.70. The predicted molar refractivity (Wildman–Crippen MR) is 69.8 cm³/mol. The van der Waals surface area contributed by atoms with Crippen LogP contribution >= 0.6 is 0 Å². The van der Waals surface area contributed by atoms with E-state index < -0.39 is 0 Å². The Kier molecular flexibility index (Phi) is 3.08. The second kappa shape index (κ2) is 5.04. The van der Waals surface area contributed by atoms with Crippen LogP contribution in [0, 0.1) is 6.92 Å². The van der Waals surface area contributed by atoms with Gasteiger partial charge in [0.15, 0.2) is 0 Å². The molecule has 0 saturated carbocycles. The second-order valence-electron chi connectivity index (χ2n) is 4.02. The Morgan fingerprint density at radius 2 is 2.10 bits per heavy atom. The monoisotopic (exact) mass is 269 g/mol. The van der Waals surface area contributed by atoms with Crippen LogP contribution in [0.5, 0.6) is 6.01 Å². The topological polar surface area (TPSA) is 86.8 Å². The van der Waals surface area contributed by atoms with Gasteiger partial charge < -0.3 is 9.26 Å². The van der Waals surface area contributed by atoms with Crippen molar-refractivity contribution in [2.24, 2.45) is 0 Å². The molecular weight excluding hydrogens is 258 g/mol. The van der Waals surface area contributed by atoms with Crippen LogP contribution in [-0.4, -0.2) is 32.2 Å². The summed E-state index contributed by atoms with van der Waals surface area (Å²) in [6.07, 6.45) is 4.96. The molecule has 0 aliphatic carbocycles. The lowest BCUT2D eigenvalue weighted by Gasteiger charge is -2.01. The van der Waals surface area contributed by atoms with E-state index in [0.29, 0.717) is 29.0 Å². The van der Waals surface area contributed by atoms with E-state index in [1.54, 1.807) is 18.6 Å². The highest BCUT2D eigenvalue weighted by Gasteiger charge is 2.14. The summed E-state index contributed by atoms with van der Waals surface area (Å²) in [7, 11) is 1.52. The molecule has 0 unspecified atom stereocenters. The molecule has 7 nitrogen and oxygen atoms in total. The highest BCUT2D eigenvalue weighted by atomic mass is 16.5. The zero-order chi connectivity index (χ0) is 13.9. The number of rotatable bonds is 3. The van der Waals surface area contributed by atoms with E-state index in [0.717, 1.165) is 5.56 Å². The van der Waals surface area contributed by atoms with Crippen molar-refractivity contribution in [2.45, 2.75) is 6.92 Å². The molecule has 0 N–H and O–H groups in total. The average molecular weight is 269 g/mol. The average Bonchev–Trinajstić information content (AvgIpc) is 2.97. The van der Waals surface area contributed by atoms with E-state index in [2.05, 4.69) is 25.1 Å². The summed E-state index contributed by atoms with van der Waals surface area (Å²) >= 11 is 0. The molecular formula is C13H11N5O2. The normalized spacial score (nSPS) is 10.5. The van der Waals surface area contributed by atoms with Crippen molar-refractivity contribution < 1.29 is 9.26 Å². The first-order valence-electron chi connectivity index (χ1n) is 5.90. The standard InChI is InChI=1S/C13H11N5O2/c1-8-10(7-15-13(16-8)19-2)12-17-11(18-20-12)9-4-3-5-14-6-9/h3-7H,1-2H3. The smallest absolute Gasteiger partial charge is 0.316 e. The lowest BCUT2D eigenvalue weighted by molar-refractivity contribution is 0.378. The number of nitrogens with zero attached hydrogens (tertiary/aromatic N) is 5. The molecule has 0 spiro atoms. The van der Waals surface area contributed by atoms with Gasteiger partial charge in [-0.3, -0.25) is 4.98 Å². The van der Waals surface area contributed by atoms with E-state index in [1.807, 2.05) is 19.1 Å². The van der Waals surface area contributed by atoms with Crippen LogP contribution in [0.4, 0.5) is 0 Å². The van der Waals surface area contributed by atoms with Gasteiger partial charge in [-0.05, 0) is 19.1 Å². The molecule has 0 aliphatic rings. The number of aryl methyl sites for hydroxylation is 1. The van der Waals surface area contributed by atoms with Crippen LogP contribution in [0.15, 0.2) is 35.2 Å². The molecule has 7 heteroatoms. The van der Waals surface area contributed by atoms with Gasteiger partial charge in [-0.1, -0.05) is 5.16 Å². The van der Waals surface area contributed by atoms with Crippen LogP contribution in [0.25, 0.3) is 22.8 Å². The first-order chi connectivity index (χ1) is 9.78. The molecule has 0 atom stereocenters. The van der Waals surface area contributed by atoms with E-state index in [4.69, 9.17) is 9.26 Å². The molecule has 0 aliphatic heterocycles. The van der Waals surface area contributed by atoms with Gasteiger partial charge >= 0.3 is 6.01 Å². The van der Waals surface area contributed by atoms with Crippen molar-refractivity contribution in [1.82, 2.24) is 25.1 Å². The molecule has 0 radical (unpaired) electrons. The van der Waals surface area contributed by atoms with Crippen LogP contribution in [-0.2, 0) is 0 Å². The molecule has 0 aromatic carbocycles. The Labute approximate surface area is 114 Å². The molecule has 3 heterocycles. The largest absolute Gasteiger partial charge is 0.467 e. The summed E-state index contributed by atoms with van der Waals surface area (Å²) in [5, 5.41) is 3.93. The summed E-state index contributed by atoms with van der Waals surface area (Å²) in [5.74, 6) is 0.840. The number of pyridine rings is 1. The fraction of sp³-hybridized carbons (Fsp3) is 0.154. The maximum Gasteiger partial charge on any atom is 0.316 e. The summed E-state index contributed by atoms with van der Waals surface area (Å²) in [5.41, 5.74) is 2.17. The van der Waals surface area contributed by atoms with Crippen molar-refractivity contribution >= 4 is 0 Å². The minimum absolute atomic E-state index is 0.304. The van der Waals surface area contributed by atoms with Crippen molar-refractivity contribution in [1.29, 1.82) is 0 Å². The molecule has 0 fully saturated rings. The third-order valence-electron chi connectivity index (χ3n) is 2.72. The number of ether oxygens (including phenoxy) is 1. The molecule has 100 valence electrons. The highest BCUT2D eigenvalue weighted by molar-refractivity contribution is 5.59. The number of methoxy groups -OCH3 is 1. The maximum atomic E-state index is 5.25. The van der Waals surface area contributed by atoms with E-state index in [9.17, 15) is 0 Å². The van der Waals surface area contributed by atoms with Gasteiger partial charge in [-0.2, -0.15) is 9.97 Å². The van der Waals surface area contributed by atoms with Crippen molar-refractivity contribution in [3.8, 4) is 28.9 Å². The van der Waals surface area contributed by atoms with Gasteiger partial charge in [0.2, 0.25) is 5.82 Å². The maximum absolute atomic E-state index is 5.25. The second-order valence-corrected chi connectivity index (χ2v) is 4.02. The summed E-state index contributed by atoms with van der Waals surface area (Å²) in [6, 6.07) is 3.98. The van der Waals surface area contributed by atoms with Crippen LogP contribution < -0.4 is 4.74 Å². The van der Waals surface area contributed by atoms with Crippen molar-refractivity contribution in [3.63, 3.8) is 0 Å². The van der Waals surface area contributed by atoms with E-state index in [-0.39, 0.29) is 0 Å². The zero-order valence-electron chi connectivity index (χ0n) is 10.9. The predicted octanol–water partition coefficient (Wildman–Crippen LogP) is 1.91. The number of aromatic nitrogens is 5. The number of hydrogen-bond acceptors (Lipinski definition) is 7. The third-order valence-corrected chi connectivity index (χ3v) is 2.72. The lowest BCUT2D eigenvalue weighted by Crippen LogP contribution is -1.96. The SMILES string of the molecule is COc1ncc(-c2nc(-c3cccnc3)no2)c(C)n1. The van der Waals surface area contributed by atoms with Crippen LogP contribution in [0.1, 0.15) is 5.69 Å². The summed E-state index contributed by atoms with van der Waals surface area (Å²) in [6.45, 7) is 1.83. The lowest BCUT2D eigenvalue weighted by atomic mass is 10.2. The van der Waals surface area contributed by atoms with E-state index >= 15 is 0 Å². The molecule has 3 aromatic rings. The first kappa shape index (κ1) is 12.2. The van der Waals surface area contributed by atoms with Crippen LogP contribution in [0.2, 0.25) is 0 Å². The Hall–Kier alpha value is -2.83. The quantitative estimate of drug-likeness (QED) is 0.717. The minimum atomic E-state index is 0.304. The molecule has 3 aromatic heterocycles. The Bertz CT molecular complexity index is 727. The number of hydrogen-bond donors (Lipinski definition) is 0. The van der Waals surface area contributed by atoms with Gasteiger partial charge in [0.05, 0.1) is 18.4 Å². The van der Waals surface area contributed by atoms with Crippen molar-refractivity contribution in [2.75, 3.05) is 7.11 Å². The Morgan fingerprint density at radius 1 is 1.20 bits per heavy atom. The van der Waals surface area contributed by atoms with Crippen LogP contribution in [0.3, 0.4) is 0 Å². The van der Waals surface area contributed by atoms with Gasteiger partial charge in [-0.15, -0.1) is 0 Å². The summed E-state index contributed by atoms with van der Waals surface area (Å²) in [4.78, 5) is 16.6. The van der Waals surface area contributed by atoms with Gasteiger partial charge in [-0.25, -0.2) is 4.98 Å². The fourth-order valence-electron chi connectivity index (χ4n) is 1.70. The molecule has 0 bridgehead atoms. The van der Waals surface area contributed by atoms with Gasteiger partial charge in [0.1, 0.15) is 0 Å². The molecule has 0 amide bonds. The first-order valence-corrected chi connectivity index (χ1v) is 5.90. The minimum Gasteiger partial charge on any atom is -0.467 e. The van der Waals surface area contributed by atoms with Gasteiger partial charge in [0, 0.05) is 24.2 Å². The zero-order valence-corrected chi connectivity index (χ0v) is 10.9. The van der Waals surface area contributed by atoms with Gasteiger partial charge in [0.25, 0.3) is 5.89 Å². The molecule has 20 heavy (non-hydrogen) atoms. The summed E-state index contributed by atoms with van der Waals surface area (Å²) < 4.78 is 10.2. The Morgan fingerprint density at radius 3 is 2.80 bits per heavy atom. The van der Waals surface area contributed by atoms with Crippen molar-refractivity contribution in [3.05, 3.63) is 36.4 Å². The molecule has 0 saturated heterocycles. The van der Waals surface area contributed by atoms with E-state index in [1.165, 1.54) is 7.11 Å².